The number of nitrogen functional groups attached to an aromatic ring is 1. The van der Waals surface area contributed by atoms with Crippen molar-refractivity contribution in [1.29, 1.82) is 5.26 Å². The van der Waals surface area contributed by atoms with Gasteiger partial charge in [0.1, 0.15) is 17.5 Å². The van der Waals surface area contributed by atoms with Crippen molar-refractivity contribution in [1.82, 2.24) is 20.0 Å². The summed E-state index contributed by atoms with van der Waals surface area (Å²) in [5.41, 5.74) is 9.15. The van der Waals surface area contributed by atoms with Gasteiger partial charge >= 0.3 is 0 Å². The van der Waals surface area contributed by atoms with E-state index in [1.54, 1.807) is 17.9 Å². The highest BCUT2D eigenvalue weighted by Crippen LogP contribution is 2.21. The van der Waals surface area contributed by atoms with Gasteiger partial charge in [-0.05, 0) is 18.4 Å². The molecule has 0 saturated heterocycles. The van der Waals surface area contributed by atoms with Gasteiger partial charge in [-0.15, -0.1) is 5.10 Å². The third-order valence-electron chi connectivity index (χ3n) is 3.47. The number of nitriles is 1. The molecule has 0 spiro atoms. The SMILES string of the molecule is CCc1nnc(NCc2cnn(C)c2N)c(C#N)c1CC. The van der Waals surface area contributed by atoms with Gasteiger partial charge in [0.2, 0.25) is 0 Å². The Hall–Kier alpha value is -2.62. The van der Waals surface area contributed by atoms with Crippen LogP contribution in [0.25, 0.3) is 0 Å². The second-order valence-electron chi connectivity index (χ2n) is 4.70. The van der Waals surface area contributed by atoms with Gasteiger partial charge in [-0.2, -0.15) is 15.5 Å². The second kappa shape index (κ2) is 6.22. The van der Waals surface area contributed by atoms with Crippen LogP contribution in [0.2, 0.25) is 0 Å². The first kappa shape index (κ1) is 14.8. The third kappa shape index (κ3) is 2.79. The minimum atomic E-state index is 0.456. The van der Waals surface area contributed by atoms with Crippen LogP contribution >= 0.6 is 0 Å². The molecule has 0 amide bonds. The maximum absolute atomic E-state index is 9.41. The lowest BCUT2D eigenvalue weighted by atomic mass is 10.0. The molecule has 7 nitrogen and oxygen atoms in total. The van der Waals surface area contributed by atoms with E-state index in [4.69, 9.17) is 5.73 Å². The van der Waals surface area contributed by atoms with E-state index >= 15 is 0 Å². The maximum atomic E-state index is 9.41. The molecule has 0 bridgehead atoms. The van der Waals surface area contributed by atoms with Crippen LogP contribution in [0.5, 0.6) is 0 Å². The summed E-state index contributed by atoms with van der Waals surface area (Å²) in [5, 5.41) is 25.0. The quantitative estimate of drug-likeness (QED) is 0.860. The van der Waals surface area contributed by atoms with Gasteiger partial charge in [0.25, 0.3) is 0 Å². The smallest absolute Gasteiger partial charge is 0.167 e. The predicted octanol–water partition coefficient (Wildman–Crippen LogP) is 1.40. The first-order valence-corrected chi connectivity index (χ1v) is 6.91. The highest BCUT2D eigenvalue weighted by Gasteiger charge is 2.14. The number of hydrogen-bond acceptors (Lipinski definition) is 6. The summed E-state index contributed by atoms with van der Waals surface area (Å²) in [7, 11) is 1.78. The highest BCUT2D eigenvalue weighted by atomic mass is 15.3. The van der Waals surface area contributed by atoms with E-state index in [0.29, 0.717) is 23.7 Å². The molecule has 0 aliphatic carbocycles. The van der Waals surface area contributed by atoms with Crippen molar-refractivity contribution in [3.8, 4) is 6.07 Å². The zero-order valence-electron chi connectivity index (χ0n) is 12.5. The number of aryl methyl sites for hydroxylation is 2. The zero-order valence-corrected chi connectivity index (χ0v) is 12.5. The van der Waals surface area contributed by atoms with Gasteiger partial charge in [-0.1, -0.05) is 13.8 Å². The van der Waals surface area contributed by atoms with E-state index in [1.165, 1.54) is 0 Å². The average molecular weight is 285 g/mol. The van der Waals surface area contributed by atoms with Gasteiger partial charge in [0.15, 0.2) is 5.82 Å². The Balaban J connectivity index is 2.28. The summed E-state index contributed by atoms with van der Waals surface area (Å²) >= 11 is 0. The fourth-order valence-corrected chi connectivity index (χ4v) is 2.22. The van der Waals surface area contributed by atoms with E-state index in [9.17, 15) is 5.26 Å². The number of anilines is 2. The normalized spacial score (nSPS) is 10.4. The molecule has 2 aromatic heterocycles. The van der Waals surface area contributed by atoms with E-state index in [-0.39, 0.29) is 0 Å². The van der Waals surface area contributed by atoms with Crippen LogP contribution in [-0.2, 0) is 26.4 Å². The minimum Gasteiger partial charge on any atom is -0.384 e. The van der Waals surface area contributed by atoms with Crippen molar-refractivity contribution in [2.45, 2.75) is 33.2 Å². The Bertz CT molecular complexity index is 681. The lowest BCUT2D eigenvalue weighted by Gasteiger charge is -2.11. The fourth-order valence-electron chi connectivity index (χ4n) is 2.22. The number of nitrogens with one attached hydrogen (secondary N) is 1. The van der Waals surface area contributed by atoms with Gasteiger partial charge in [-0.3, -0.25) is 4.68 Å². The molecule has 7 heteroatoms. The molecule has 2 rings (SSSR count). The van der Waals surface area contributed by atoms with E-state index in [1.807, 2.05) is 13.8 Å². The Labute approximate surface area is 123 Å². The minimum absolute atomic E-state index is 0.456. The third-order valence-corrected chi connectivity index (χ3v) is 3.47. The molecule has 0 saturated carbocycles. The molecule has 21 heavy (non-hydrogen) atoms. The van der Waals surface area contributed by atoms with Gasteiger partial charge < -0.3 is 11.1 Å². The summed E-state index contributed by atoms with van der Waals surface area (Å²) in [5.74, 6) is 1.09. The van der Waals surface area contributed by atoms with Crippen LogP contribution < -0.4 is 11.1 Å². The zero-order chi connectivity index (χ0) is 15.4. The number of rotatable bonds is 5. The molecule has 0 unspecified atom stereocenters. The molecule has 0 fully saturated rings. The Morgan fingerprint density at radius 3 is 2.62 bits per heavy atom. The van der Waals surface area contributed by atoms with E-state index < -0.39 is 0 Å². The van der Waals surface area contributed by atoms with Crippen LogP contribution in [0.15, 0.2) is 6.20 Å². The summed E-state index contributed by atoms with van der Waals surface area (Å²) < 4.78 is 1.60. The molecule has 0 aliphatic rings. The van der Waals surface area contributed by atoms with Crippen molar-refractivity contribution in [3.63, 3.8) is 0 Å². The molecule has 110 valence electrons. The molecule has 2 aromatic rings. The molecule has 0 atom stereocenters. The van der Waals surface area contributed by atoms with Crippen LogP contribution in [-0.4, -0.2) is 20.0 Å². The van der Waals surface area contributed by atoms with Crippen molar-refractivity contribution in [2.75, 3.05) is 11.1 Å². The van der Waals surface area contributed by atoms with Gasteiger partial charge in [0.05, 0.1) is 11.9 Å². The van der Waals surface area contributed by atoms with Crippen molar-refractivity contribution in [3.05, 3.63) is 28.6 Å². The molecule has 0 aromatic carbocycles. The molecule has 0 radical (unpaired) electrons. The molecular formula is C14H19N7. The van der Waals surface area contributed by atoms with Crippen molar-refractivity contribution in [2.24, 2.45) is 7.05 Å². The van der Waals surface area contributed by atoms with Gasteiger partial charge in [0, 0.05) is 19.2 Å². The molecular weight excluding hydrogens is 266 g/mol. The maximum Gasteiger partial charge on any atom is 0.167 e. The summed E-state index contributed by atoms with van der Waals surface area (Å²) in [6, 6.07) is 2.23. The Morgan fingerprint density at radius 2 is 2.10 bits per heavy atom. The predicted molar refractivity (Wildman–Crippen MR) is 80.5 cm³/mol. The number of nitrogens with two attached hydrogens (primary N) is 1. The summed E-state index contributed by atoms with van der Waals surface area (Å²) in [6.07, 6.45) is 3.22. The molecule has 0 aliphatic heterocycles. The Kier molecular flexibility index (Phi) is 4.38. The van der Waals surface area contributed by atoms with Crippen LogP contribution in [0.1, 0.15) is 36.2 Å². The van der Waals surface area contributed by atoms with Crippen molar-refractivity contribution < 1.29 is 0 Å². The lowest BCUT2D eigenvalue weighted by molar-refractivity contribution is 0.778. The standard InChI is InChI=1S/C14H19N7/c1-4-10-11(6-15)14(20-19-12(10)5-2)17-7-9-8-18-21(3)13(9)16/h8H,4-5,7,16H2,1-3H3,(H,17,20). The van der Waals surface area contributed by atoms with E-state index in [2.05, 4.69) is 26.7 Å². The number of hydrogen-bond donors (Lipinski definition) is 2. The topological polar surface area (TPSA) is 105 Å². The Morgan fingerprint density at radius 1 is 1.33 bits per heavy atom. The lowest BCUT2D eigenvalue weighted by Crippen LogP contribution is -2.10. The number of aromatic nitrogens is 4. The van der Waals surface area contributed by atoms with E-state index in [0.717, 1.165) is 29.7 Å². The monoisotopic (exact) mass is 285 g/mol. The van der Waals surface area contributed by atoms with Crippen LogP contribution in [0.4, 0.5) is 11.6 Å². The van der Waals surface area contributed by atoms with Crippen LogP contribution in [0.3, 0.4) is 0 Å². The first-order valence-electron chi connectivity index (χ1n) is 6.91. The molecule has 2 heterocycles. The number of nitrogens with zero attached hydrogens (tertiary/aromatic N) is 5. The highest BCUT2D eigenvalue weighted by molar-refractivity contribution is 5.57. The van der Waals surface area contributed by atoms with Crippen LogP contribution in [0, 0.1) is 11.3 Å². The first-order chi connectivity index (χ1) is 10.1. The second-order valence-corrected chi connectivity index (χ2v) is 4.70. The average Bonchev–Trinajstić information content (AvgIpc) is 2.83. The van der Waals surface area contributed by atoms with Gasteiger partial charge in [-0.25, -0.2) is 0 Å². The summed E-state index contributed by atoms with van der Waals surface area (Å²) in [4.78, 5) is 0. The largest absolute Gasteiger partial charge is 0.384 e. The molecule has 3 N–H and O–H groups in total. The van der Waals surface area contributed by atoms with Crippen molar-refractivity contribution >= 4 is 11.6 Å². The fraction of sp³-hybridized carbons (Fsp3) is 0.429. The summed E-state index contributed by atoms with van der Waals surface area (Å²) in [6.45, 7) is 4.48.